The summed E-state index contributed by atoms with van der Waals surface area (Å²) in [6.07, 6.45) is 1.45. The number of hydrogen-bond acceptors (Lipinski definition) is 5. The van der Waals surface area contributed by atoms with Crippen LogP contribution in [0.4, 0.5) is 5.69 Å². The Labute approximate surface area is 118 Å². The summed E-state index contributed by atoms with van der Waals surface area (Å²) in [4.78, 5) is 10.2. The van der Waals surface area contributed by atoms with Crippen molar-refractivity contribution >= 4 is 5.69 Å². The summed E-state index contributed by atoms with van der Waals surface area (Å²) in [5.41, 5.74) is -0.647. The van der Waals surface area contributed by atoms with E-state index in [0.717, 1.165) is 13.0 Å². The van der Waals surface area contributed by atoms with Crippen LogP contribution < -0.4 is 10.1 Å². The SMILES string of the molecule is CCCNC(C)(C#N)CCOc1cccc([N+](=O)[O-])c1. The van der Waals surface area contributed by atoms with Crippen LogP contribution in [-0.2, 0) is 0 Å². The number of nitriles is 1. The molecule has 1 N–H and O–H groups in total. The minimum Gasteiger partial charge on any atom is -0.493 e. The summed E-state index contributed by atoms with van der Waals surface area (Å²) in [5, 5.41) is 23.0. The standard InChI is InChI=1S/C14H19N3O3/c1-3-8-16-14(2,11-15)7-9-20-13-6-4-5-12(10-13)17(18)19/h4-6,10,16H,3,7-9H2,1-2H3. The van der Waals surface area contributed by atoms with Crippen molar-refractivity contribution in [1.82, 2.24) is 5.32 Å². The fraction of sp³-hybridized carbons (Fsp3) is 0.500. The summed E-state index contributed by atoms with van der Waals surface area (Å²) in [6.45, 7) is 4.94. The molecule has 108 valence electrons. The Morgan fingerprint density at radius 3 is 2.90 bits per heavy atom. The molecule has 0 bridgehead atoms. The predicted octanol–water partition coefficient (Wildman–Crippen LogP) is 2.65. The highest BCUT2D eigenvalue weighted by atomic mass is 16.6. The molecule has 0 aliphatic rings. The molecule has 20 heavy (non-hydrogen) atoms. The number of non-ortho nitro benzene ring substituents is 1. The second kappa shape index (κ2) is 7.46. The Morgan fingerprint density at radius 1 is 1.55 bits per heavy atom. The van der Waals surface area contributed by atoms with E-state index in [1.165, 1.54) is 12.1 Å². The highest BCUT2D eigenvalue weighted by Crippen LogP contribution is 2.20. The molecule has 0 spiro atoms. The van der Waals surface area contributed by atoms with Crippen molar-refractivity contribution < 1.29 is 9.66 Å². The van der Waals surface area contributed by atoms with E-state index in [9.17, 15) is 10.1 Å². The number of hydrogen-bond donors (Lipinski definition) is 1. The molecule has 1 unspecified atom stereocenters. The summed E-state index contributed by atoms with van der Waals surface area (Å²) >= 11 is 0. The van der Waals surface area contributed by atoms with Gasteiger partial charge in [-0.05, 0) is 26.0 Å². The summed E-state index contributed by atoms with van der Waals surface area (Å²) in [5.74, 6) is 0.440. The van der Waals surface area contributed by atoms with Crippen LogP contribution in [0.1, 0.15) is 26.7 Å². The number of benzene rings is 1. The smallest absolute Gasteiger partial charge is 0.273 e. The summed E-state index contributed by atoms with van der Waals surface area (Å²) in [6, 6.07) is 8.26. The number of ether oxygens (including phenoxy) is 1. The highest BCUT2D eigenvalue weighted by molar-refractivity contribution is 5.37. The van der Waals surface area contributed by atoms with Gasteiger partial charge in [-0.3, -0.25) is 15.4 Å². The van der Waals surface area contributed by atoms with Crippen LogP contribution in [0.2, 0.25) is 0 Å². The van der Waals surface area contributed by atoms with Crippen LogP contribution in [0.25, 0.3) is 0 Å². The molecule has 1 aromatic rings. The van der Waals surface area contributed by atoms with Gasteiger partial charge >= 0.3 is 0 Å². The van der Waals surface area contributed by atoms with E-state index in [1.807, 2.05) is 13.8 Å². The van der Waals surface area contributed by atoms with Gasteiger partial charge in [0.15, 0.2) is 0 Å². The van der Waals surface area contributed by atoms with Gasteiger partial charge < -0.3 is 4.74 Å². The van der Waals surface area contributed by atoms with Gasteiger partial charge in [-0.1, -0.05) is 13.0 Å². The van der Waals surface area contributed by atoms with E-state index >= 15 is 0 Å². The molecule has 1 aromatic carbocycles. The molecular formula is C14H19N3O3. The number of nitrogens with one attached hydrogen (secondary N) is 1. The maximum absolute atomic E-state index is 10.6. The quantitative estimate of drug-likeness (QED) is 0.583. The minimum atomic E-state index is -0.642. The van der Waals surface area contributed by atoms with Crippen LogP contribution in [0.5, 0.6) is 5.75 Å². The van der Waals surface area contributed by atoms with Crippen molar-refractivity contribution in [2.45, 2.75) is 32.2 Å². The highest BCUT2D eigenvalue weighted by Gasteiger charge is 2.22. The van der Waals surface area contributed by atoms with E-state index in [-0.39, 0.29) is 5.69 Å². The van der Waals surface area contributed by atoms with Gasteiger partial charge in [0.05, 0.1) is 23.7 Å². The van der Waals surface area contributed by atoms with Crippen molar-refractivity contribution in [3.8, 4) is 11.8 Å². The number of nitrogens with zero attached hydrogens (tertiary/aromatic N) is 2. The van der Waals surface area contributed by atoms with Gasteiger partial charge in [-0.15, -0.1) is 0 Å². The van der Waals surface area contributed by atoms with Crippen LogP contribution in [0, 0.1) is 21.4 Å². The van der Waals surface area contributed by atoms with Crippen molar-refractivity contribution in [1.29, 1.82) is 5.26 Å². The molecule has 0 heterocycles. The first kappa shape index (κ1) is 15.9. The lowest BCUT2D eigenvalue weighted by molar-refractivity contribution is -0.384. The number of nitro benzene ring substituents is 1. The second-order valence-electron chi connectivity index (χ2n) is 4.72. The first-order valence-electron chi connectivity index (χ1n) is 6.54. The molecule has 0 radical (unpaired) electrons. The zero-order valence-corrected chi connectivity index (χ0v) is 11.8. The molecule has 1 atom stereocenters. The van der Waals surface area contributed by atoms with Crippen LogP contribution in [0.15, 0.2) is 24.3 Å². The zero-order chi connectivity index (χ0) is 15.0. The third-order valence-electron chi connectivity index (χ3n) is 2.91. The molecule has 1 rings (SSSR count). The monoisotopic (exact) mass is 277 g/mol. The second-order valence-corrected chi connectivity index (χ2v) is 4.72. The molecule has 6 nitrogen and oxygen atoms in total. The van der Waals surface area contributed by atoms with Crippen LogP contribution in [0.3, 0.4) is 0 Å². The van der Waals surface area contributed by atoms with Crippen molar-refractivity contribution in [2.75, 3.05) is 13.2 Å². The Morgan fingerprint density at radius 2 is 2.30 bits per heavy atom. The normalized spacial score (nSPS) is 13.2. The van der Waals surface area contributed by atoms with Gasteiger partial charge in [0.25, 0.3) is 5.69 Å². The zero-order valence-electron chi connectivity index (χ0n) is 11.8. The lowest BCUT2D eigenvalue weighted by atomic mass is 10.0. The van der Waals surface area contributed by atoms with Crippen LogP contribution in [-0.4, -0.2) is 23.6 Å². The van der Waals surface area contributed by atoms with E-state index in [2.05, 4.69) is 11.4 Å². The number of nitro groups is 1. The summed E-state index contributed by atoms with van der Waals surface area (Å²) < 4.78 is 5.48. The molecular weight excluding hydrogens is 258 g/mol. The lowest BCUT2D eigenvalue weighted by Crippen LogP contribution is -2.42. The lowest BCUT2D eigenvalue weighted by Gasteiger charge is -2.23. The molecule has 0 amide bonds. The average Bonchev–Trinajstić information content (AvgIpc) is 2.45. The third-order valence-corrected chi connectivity index (χ3v) is 2.91. The van der Waals surface area contributed by atoms with E-state index in [1.54, 1.807) is 12.1 Å². The molecule has 0 saturated carbocycles. The Bertz CT molecular complexity index is 499. The van der Waals surface area contributed by atoms with E-state index in [0.29, 0.717) is 18.8 Å². The Hall–Kier alpha value is -2.13. The topological polar surface area (TPSA) is 88.2 Å². The van der Waals surface area contributed by atoms with E-state index in [4.69, 9.17) is 10.00 Å². The largest absolute Gasteiger partial charge is 0.493 e. The van der Waals surface area contributed by atoms with Crippen molar-refractivity contribution in [3.63, 3.8) is 0 Å². The fourth-order valence-electron chi connectivity index (χ4n) is 1.64. The summed E-state index contributed by atoms with van der Waals surface area (Å²) in [7, 11) is 0. The fourth-order valence-corrected chi connectivity index (χ4v) is 1.64. The van der Waals surface area contributed by atoms with Gasteiger partial charge in [-0.25, -0.2) is 0 Å². The maximum Gasteiger partial charge on any atom is 0.273 e. The molecule has 6 heteroatoms. The molecule has 0 aromatic heterocycles. The average molecular weight is 277 g/mol. The van der Waals surface area contributed by atoms with E-state index < -0.39 is 10.5 Å². The van der Waals surface area contributed by atoms with Gasteiger partial charge in [-0.2, -0.15) is 5.26 Å². The van der Waals surface area contributed by atoms with Gasteiger partial charge in [0.1, 0.15) is 11.3 Å². The van der Waals surface area contributed by atoms with Crippen molar-refractivity contribution in [3.05, 3.63) is 34.4 Å². The van der Waals surface area contributed by atoms with Gasteiger partial charge in [0.2, 0.25) is 0 Å². The van der Waals surface area contributed by atoms with Gasteiger partial charge in [0, 0.05) is 12.5 Å². The molecule has 0 fully saturated rings. The molecule has 0 aliphatic carbocycles. The molecule has 0 saturated heterocycles. The van der Waals surface area contributed by atoms with Crippen LogP contribution >= 0.6 is 0 Å². The minimum absolute atomic E-state index is 0.00495. The first-order chi connectivity index (χ1) is 9.50. The van der Waals surface area contributed by atoms with Crippen molar-refractivity contribution in [2.24, 2.45) is 0 Å². The number of rotatable bonds is 8. The Balaban J connectivity index is 2.53. The first-order valence-corrected chi connectivity index (χ1v) is 6.54. The molecule has 0 aliphatic heterocycles. The predicted molar refractivity (Wildman–Crippen MR) is 75.5 cm³/mol. The third kappa shape index (κ3) is 4.86. The Kier molecular flexibility index (Phi) is 5.94. The maximum atomic E-state index is 10.6.